The summed E-state index contributed by atoms with van der Waals surface area (Å²) < 4.78 is 5.93. The highest BCUT2D eigenvalue weighted by Gasteiger charge is 2.29. The Hall–Kier alpha value is -2.01. The lowest BCUT2D eigenvalue weighted by Gasteiger charge is -2.37. The number of piperidine rings is 1. The molecule has 1 aliphatic heterocycles. The molecule has 2 aromatic rings. The standard InChI is InChI=1S/C22H31N3O2/c1-16(21-15-17-7-3-6-10-20(17)27-21)24(2)22(26)23-18-11-13-25(14-12-18)19-8-4-5-9-19/h3,6-7,10,15-16,18-19H,4-5,8-9,11-14H2,1-2H3,(H,23,26). The van der Waals surface area contributed by atoms with Crippen LogP contribution in [-0.4, -0.2) is 48.1 Å². The van der Waals surface area contributed by atoms with E-state index in [4.69, 9.17) is 4.42 Å². The summed E-state index contributed by atoms with van der Waals surface area (Å²) in [5, 5.41) is 4.31. The van der Waals surface area contributed by atoms with Crippen LogP contribution in [0.4, 0.5) is 4.79 Å². The number of fused-ring (bicyclic) bond motifs is 1. The van der Waals surface area contributed by atoms with Crippen molar-refractivity contribution in [2.75, 3.05) is 20.1 Å². The minimum atomic E-state index is -0.101. The van der Waals surface area contributed by atoms with E-state index in [0.29, 0.717) is 0 Å². The molecule has 1 N–H and O–H groups in total. The van der Waals surface area contributed by atoms with Crippen molar-refractivity contribution in [2.24, 2.45) is 0 Å². The number of hydrogen-bond acceptors (Lipinski definition) is 3. The molecule has 1 saturated carbocycles. The Labute approximate surface area is 161 Å². The van der Waals surface area contributed by atoms with Crippen LogP contribution in [0.1, 0.15) is 57.3 Å². The van der Waals surface area contributed by atoms with Crippen LogP contribution in [0.5, 0.6) is 0 Å². The number of hydrogen-bond donors (Lipinski definition) is 1. The third-order valence-corrected chi connectivity index (χ3v) is 6.46. The predicted molar refractivity (Wildman–Crippen MR) is 108 cm³/mol. The van der Waals surface area contributed by atoms with Crippen molar-refractivity contribution < 1.29 is 9.21 Å². The van der Waals surface area contributed by atoms with Crippen molar-refractivity contribution in [2.45, 2.75) is 63.6 Å². The number of carbonyl (C=O) groups is 1. The molecule has 0 spiro atoms. The van der Waals surface area contributed by atoms with Crippen LogP contribution in [0, 0.1) is 0 Å². The first-order valence-corrected chi connectivity index (χ1v) is 10.4. The maximum absolute atomic E-state index is 12.7. The van der Waals surface area contributed by atoms with Crippen LogP contribution in [0.2, 0.25) is 0 Å². The van der Waals surface area contributed by atoms with Gasteiger partial charge in [-0.3, -0.25) is 0 Å². The first kappa shape index (κ1) is 18.4. The SMILES string of the molecule is CC(c1cc2ccccc2o1)N(C)C(=O)NC1CCN(C2CCCC2)CC1. The van der Waals surface area contributed by atoms with Gasteiger partial charge in [-0.15, -0.1) is 0 Å². The van der Waals surface area contributed by atoms with Crippen LogP contribution in [0.3, 0.4) is 0 Å². The number of rotatable bonds is 4. The molecule has 27 heavy (non-hydrogen) atoms. The highest BCUT2D eigenvalue weighted by Crippen LogP contribution is 2.28. The quantitative estimate of drug-likeness (QED) is 0.860. The van der Waals surface area contributed by atoms with E-state index in [1.165, 1.54) is 25.7 Å². The molecule has 4 rings (SSSR count). The molecular weight excluding hydrogens is 338 g/mol. The molecule has 0 bridgehead atoms. The van der Waals surface area contributed by atoms with Gasteiger partial charge in [-0.1, -0.05) is 31.0 Å². The molecule has 5 heteroatoms. The van der Waals surface area contributed by atoms with Gasteiger partial charge in [-0.25, -0.2) is 4.79 Å². The van der Waals surface area contributed by atoms with E-state index in [2.05, 4.69) is 10.2 Å². The zero-order valence-electron chi connectivity index (χ0n) is 16.5. The van der Waals surface area contributed by atoms with E-state index in [-0.39, 0.29) is 18.1 Å². The Kier molecular flexibility index (Phi) is 5.39. The lowest BCUT2D eigenvalue weighted by Crippen LogP contribution is -2.50. The highest BCUT2D eigenvalue weighted by molar-refractivity contribution is 5.78. The molecule has 2 fully saturated rings. The van der Waals surface area contributed by atoms with Crippen molar-refractivity contribution in [3.05, 3.63) is 36.1 Å². The summed E-state index contributed by atoms with van der Waals surface area (Å²) in [4.78, 5) is 17.1. The molecule has 0 radical (unpaired) electrons. The average molecular weight is 370 g/mol. The predicted octanol–water partition coefficient (Wildman–Crippen LogP) is 4.54. The maximum Gasteiger partial charge on any atom is 0.317 e. The van der Waals surface area contributed by atoms with Gasteiger partial charge in [0.25, 0.3) is 0 Å². The summed E-state index contributed by atoms with van der Waals surface area (Å²) in [5.41, 5.74) is 0.868. The number of para-hydroxylation sites is 1. The molecule has 1 atom stereocenters. The van der Waals surface area contributed by atoms with Gasteiger partial charge in [0.05, 0.1) is 6.04 Å². The van der Waals surface area contributed by atoms with Crippen molar-refractivity contribution in [3.63, 3.8) is 0 Å². The van der Waals surface area contributed by atoms with Gasteiger partial charge in [-0.05, 0) is 44.7 Å². The summed E-state index contributed by atoms with van der Waals surface area (Å²) in [6.07, 6.45) is 7.57. The van der Waals surface area contributed by atoms with Crippen molar-refractivity contribution in [3.8, 4) is 0 Å². The molecule has 2 heterocycles. The average Bonchev–Trinajstić information content (AvgIpc) is 3.37. The molecule has 2 amide bonds. The first-order valence-electron chi connectivity index (χ1n) is 10.4. The lowest BCUT2D eigenvalue weighted by molar-refractivity contribution is 0.138. The van der Waals surface area contributed by atoms with E-state index < -0.39 is 0 Å². The summed E-state index contributed by atoms with van der Waals surface area (Å²) in [7, 11) is 1.85. The van der Waals surface area contributed by atoms with Crippen molar-refractivity contribution >= 4 is 17.0 Å². The third kappa shape index (κ3) is 3.98. The van der Waals surface area contributed by atoms with E-state index in [9.17, 15) is 4.79 Å². The van der Waals surface area contributed by atoms with E-state index in [1.807, 2.05) is 44.3 Å². The Morgan fingerprint density at radius 1 is 1.19 bits per heavy atom. The molecule has 2 aliphatic rings. The molecule has 146 valence electrons. The van der Waals surface area contributed by atoms with Crippen molar-refractivity contribution in [1.82, 2.24) is 15.1 Å². The number of nitrogens with zero attached hydrogens (tertiary/aromatic N) is 2. The van der Waals surface area contributed by atoms with E-state index in [0.717, 1.165) is 48.7 Å². The largest absolute Gasteiger partial charge is 0.459 e. The zero-order valence-corrected chi connectivity index (χ0v) is 16.5. The second kappa shape index (κ2) is 7.93. The first-order chi connectivity index (χ1) is 13.1. The Morgan fingerprint density at radius 2 is 1.89 bits per heavy atom. The van der Waals surface area contributed by atoms with Gasteiger partial charge in [0.15, 0.2) is 0 Å². The molecule has 1 aromatic heterocycles. The molecular formula is C22H31N3O2. The number of amides is 2. The van der Waals surface area contributed by atoms with E-state index in [1.54, 1.807) is 4.90 Å². The Bertz CT molecular complexity index is 740. The normalized spacial score (nSPS) is 20.8. The molecule has 1 aromatic carbocycles. The smallest absolute Gasteiger partial charge is 0.317 e. The molecule has 1 aliphatic carbocycles. The van der Waals surface area contributed by atoms with Gasteiger partial charge in [0.2, 0.25) is 0 Å². The second-order valence-corrected chi connectivity index (χ2v) is 8.17. The number of furan rings is 1. The monoisotopic (exact) mass is 369 g/mol. The van der Waals surface area contributed by atoms with Crippen LogP contribution in [-0.2, 0) is 0 Å². The second-order valence-electron chi connectivity index (χ2n) is 8.17. The fraction of sp³-hybridized carbons (Fsp3) is 0.591. The van der Waals surface area contributed by atoms with Crippen LogP contribution in [0.15, 0.2) is 34.7 Å². The number of benzene rings is 1. The summed E-state index contributed by atoms with van der Waals surface area (Å²) >= 11 is 0. The number of likely N-dealkylation sites (tertiary alicyclic amines) is 1. The van der Waals surface area contributed by atoms with Gasteiger partial charge in [0.1, 0.15) is 11.3 Å². The molecule has 5 nitrogen and oxygen atoms in total. The Balaban J connectivity index is 1.31. The number of nitrogens with one attached hydrogen (secondary N) is 1. The van der Waals surface area contributed by atoms with Gasteiger partial charge in [0, 0.05) is 37.6 Å². The maximum atomic E-state index is 12.7. The lowest BCUT2D eigenvalue weighted by atomic mass is 10.0. The molecule has 1 unspecified atom stereocenters. The minimum Gasteiger partial charge on any atom is -0.459 e. The topological polar surface area (TPSA) is 48.7 Å². The van der Waals surface area contributed by atoms with Gasteiger partial charge in [-0.2, -0.15) is 0 Å². The number of urea groups is 1. The highest BCUT2D eigenvalue weighted by atomic mass is 16.3. The van der Waals surface area contributed by atoms with E-state index >= 15 is 0 Å². The Morgan fingerprint density at radius 3 is 2.59 bits per heavy atom. The van der Waals surface area contributed by atoms with Crippen molar-refractivity contribution in [1.29, 1.82) is 0 Å². The number of carbonyl (C=O) groups excluding carboxylic acids is 1. The van der Waals surface area contributed by atoms with Crippen LogP contribution < -0.4 is 5.32 Å². The van der Waals surface area contributed by atoms with Gasteiger partial charge < -0.3 is 19.5 Å². The minimum absolute atomic E-state index is 0.0118. The van der Waals surface area contributed by atoms with Crippen LogP contribution in [0.25, 0.3) is 11.0 Å². The summed E-state index contributed by atoms with van der Waals surface area (Å²) in [6, 6.07) is 11.0. The summed E-state index contributed by atoms with van der Waals surface area (Å²) in [6.45, 7) is 4.23. The van der Waals surface area contributed by atoms with Gasteiger partial charge >= 0.3 is 6.03 Å². The fourth-order valence-electron chi connectivity index (χ4n) is 4.53. The molecule has 1 saturated heterocycles. The third-order valence-electron chi connectivity index (χ3n) is 6.46. The summed E-state index contributed by atoms with van der Waals surface area (Å²) in [5.74, 6) is 0.824. The zero-order chi connectivity index (χ0) is 18.8. The fourth-order valence-corrected chi connectivity index (χ4v) is 4.53. The van der Waals surface area contributed by atoms with Crippen LogP contribution >= 0.6 is 0 Å².